The molecule has 14 heteroatoms. The van der Waals surface area contributed by atoms with E-state index in [0.29, 0.717) is 37.4 Å². The summed E-state index contributed by atoms with van der Waals surface area (Å²) in [5.41, 5.74) is 0.430. The number of hydrogen-bond acceptors (Lipinski definition) is 6. The molecule has 33 heavy (non-hydrogen) atoms. The lowest BCUT2D eigenvalue weighted by atomic mass is 10.1. The summed E-state index contributed by atoms with van der Waals surface area (Å²) in [6.45, 7) is 0.952. The second-order valence-electron chi connectivity index (χ2n) is 7.33. The second-order valence-corrected chi connectivity index (χ2v) is 9.30. The summed E-state index contributed by atoms with van der Waals surface area (Å²) in [6, 6.07) is 6.38. The van der Waals surface area contributed by atoms with E-state index < -0.39 is 22.2 Å². The van der Waals surface area contributed by atoms with Gasteiger partial charge in [0, 0.05) is 26.6 Å². The van der Waals surface area contributed by atoms with E-state index in [-0.39, 0.29) is 22.9 Å². The maximum Gasteiger partial charge on any atom is 0.490 e. The number of alkyl halides is 3. The predicted octanol–water partition coefficient (Wildman–Crippen LogP) is 1.73. The molecule has 0 spiro atoms. The Labute approximate surface area is 187 Å². The lowest BCUT2D eigenvalue weighted by Crippen LogP contribution is -2.44. The summed E-state index contributed by atoms with van der Waals surface area (Å²) in [5.74, 6) is -2.52. The normalized spacial score (nSPS) is 22.4. The number of H-pyrrole nitrogens is 1. The monoisotopic (exact) mass is 490 g/mol. The van der Waals surface area contributed by atoms with Gasteiger partial charge in [-0.25, -0.2) is 18.2 Å². The first-order chi connectivity index (χ1) is 15.4. The highest BCUT2D eigenvalue weighted by atomic mass is 32.2. The number of aromatic amines is 1. The Hall–Kier alpha value is -3.13. The number of ether oxygens (including phenoxy) is 1. The van der Waals surface area contributed by atoms with Gasteiger partial charge >= 0.3 is 12.1 Å². The topological polar surface area (TPSA) is 133 Å². The van der Waals surface area contributed by atoms with Crippen LogP contribution in [0.25, 0.3) is 0 Å². The van der Waals surface area contributed by atoms with E-state index in [1.165, 1.54) is 16.8 Å². The van der Waals surface area contributed by atoms with Crippen LogP contribution in [0.1, 0.15) is 23.3 Å². The number of nitrogens with zero attached hydrogens (tertiary/aromatic N) is 3. The quantitative estimate of drug-likeness (QED) is 0.622. The Morgan fingerprint density at radius 2 is 1.85 bits per heavy atom. The average Bonchev–Trinajstić information content (AvgIpc) is 3.19. The van der Waals surface area contributed by atoms with E-state index in [2.05, 4.69) is 9.97 Å². The third-order valence-corrected chi connectivity index (χ3v) is 7.24. The number of para-hydroxylation sites is 1. The number of carbonyl (C=O) groups is 2. The van der Waals surface area contributed by atoms with Crippen LogP contribution < -0.4 is 4.74 Å². The molecule has 1 amide bonds. The Kier molecular flexibility index (Phi) is 6.97. The van der Waals surface area contributed by atoms with E-state index in [9.17, 15) is 26.4 Å². The molecule has 0 radical (unpaired) electrons. The first kappa shape index (κ1) is 24.5. The number of halogens is 3. The van der Waals surface area contributed by atoms with Gasteiger partial charge in [-0.05, 0) is 18.6 Å². The number of carbonyl (C=O) groups excluding carboxylic acids is 1. The third kappa shape index (κ3) is 5.27. The minimum absolute atomic E-state index is 0.134. The van der Waals surface area contributed by atoms with Gasteiger partial charge in [-0.15, -0.1) is 0 Å². The fraction of sp³-hybridized carbons (Fsp3) is 0.421. The van der Waals surface area contributed by atoms with Gasteiger partial charge in [0.2, 0.25) is 10.0 Å². The lowest BCUT2D eigenvalue weighted by molar-refractivity contribution is -0.192. The number of rotatable bonds is 1. The molecular weight excluding hydrogens is 469 g/mol. The summed E-state index contributed by atoms with van der Waals surface area (Å²) in [7, 11) is -2.05. The zero-order chi connectivity index (χ0) is 24.4. The van der Waals surface area contributed by atoms with E-state index in [0.717, 1.165) is 0 Å². The average molecular weight is 490 g/mol. The molecule has 1 saturated heterocycles. The maximum atomic E-state index is 12.9. The molecule has 0 saturated carbocycles. The van der Waals surface area contributed by atoms with E-state index in [4.69, 9.17) is 14.6 Å². The molecule has 0 aliphatic carbocycles. The van der Waals surface area contributed by atoms with Gasteiger partial charge in [-0.1, -0.05) is 12.1 Å². The third-order valence-electron chi connectivity index (χ3n) is 5.32. The molecule has 0 bridgehead atoms. The molecule has 2 aliphatic heterocycles. The van der Waals surface area contributed by atoms with Crippen LogP contribution in [0.15, 0.2) is 41.7 Å². The molecule has 10 nitrogen and oxygen atoms in total. The minimum atomic E-state index is -5.08. The smallest absolute Gasteiger partial charge is 0.487 e. The molecule has 2 N–H and O–H groups in total. The summed E-state index contributed by atoms with van der Waals surface area (Å²) >= 11 is 0. The maximum absolute atomic E-state index is 12.9. The standard InChI is InChI=1S/C17H20N4O4S.C2HF3O2/c1-20-13-6-8-21(17(22)12-10-18-11-19-12)9-7-14(13)25-15-4-2-3-5-16(15)26(20,23)24;3-2(4,5)1(6)7/h2-5,10-11,13-14H,6-9H2,1H3,(H,18,19);(H,6,7)/t13-,14-;/m0./s1. The van der Waals surface area contributed by atoms with E-state index >= 15 is 0 Å². The Morgan fingerprint density at radius 1 is 1.21 bits per heavy atom. The van der Waals surface area contributed by atoms with Crippen LogP contribution in [-0.4, -0.2) is 83.0 Å². The Balaban J connectivity index is 0.000000383. The first-order valence-corrected chi connectivity index (χ1v) is 11.2. The van der Waals surface area contributed by atoms with Gasteiger partial charge in [0.1, 0.15) is 22.4 Å². The lowest BCUT2D eigenvalue weighted by Gasteiger charge is -2.28. The van der Waals surface area contributed by atoms with E-state index in [1.54, 1.807) is 36.2 Å². The highest BCUT2D eigenvalue weighted by Gasteiger charge is 2.42. The molecule has 1 aromatic heterocycles. The number of aromatic nitrogens is 2. The van der Waals surface area contributed by atoms with Crippen molar-refractivity contribution >= 4 is 21.9 Å². The van der Waals surface area contributed by atoms with Crippen molar-refractivity contribution in [2.24, 2.45) is 0 Å². The van der Waals surface area contributed by atoms with Crippen LogP contribution in [0.2, 0.25) is 0 Å². The van der Waals surface area contributed by atoms with Crippen LogP contribution >= 0.6 is 0 Å². The second kappa shape index (κ2) is 9.39. The summed E-state index contributed by atoms with van der Waals surface area (Å²) < 4.78 is 65.1. The number of nitrogens with one attached hydrogen (secondary N) is 1. The zero-order valence-electron chi connectivity index (χ0n) is 17.3. The number of likely N-dealkylation sites (N-methyl/N-ethyl adjacent to an activating group) is 1. The fourth-order valence-corrected chi connectivity index (χ4v) is 5.15. The van der Waals surface area contributed by atoms with Gasteiger partial charge in [0.15, 0.2) is 0 Å². The van der Waals surface area contributed by atoms with Crippen molar-refractivity contribution in [1.29, 1.82) is 0 Å². The number of amides is 1. The van der Waals surface area contributed by atoms with Crippen molar-refractivity contribution in [3.63, 3.8) is 0 Å². The molecule has 4 rings (SSSR count). The van der Waals surface area contributed by atoms with E-state index in [1.807, 2.05) is 0 Å². The van der Waals surface area contributed by atoms with Crippen LogP contribution in [0.4, 0.5) is 13.2 Å². The molecule has 1 aromatic carbocycles. The van der Waals surface area contributed by atoms with Crippen molar-refractivity contribution in [2.45, 2.75) is 36.1 Å². The minimum Gasteiger partial charge on any atom is -0.487 e. The molecule has 180 valence electrons. The molecule has 2 atom stereocenters. The van der Waals surface area contributed by atoms with Crippen LogP contribution in [0.3, 0.4) is 0 Å². The van der Waals surface area contributed by atoms with Crippen LogP contribution in [0, 0.1) is 0 Å². The summed E-state index contributed by atoms with van der Waals surface area (Å²) in [6.07, 6.45) is -1.37. The number of benzene rings is 1. The van der Waals surface area contributed by atoms with Gasteiger partial charge in [-0.3, -0.25) is 4.79 Å². The Bertz CT molecular complexity index is 1110. The van der Waals surface area contributed by atoms with Crippen molar-refractivity contribution < 1.29 is 41.0 Å². The summed E-state index contributed by atoms with van der Waals surface area (Å²) in [4.78, 5) is 30.1. The highest BCUT2D eigenvalue weighted by molar-refractivity contribution is 7.89. The number of aliphatic carboxylic acids is 1. The van der Waals surface area contributed by atoms with Gasteiger partial charge in [0.05, 0.1) is 18.6 Å². The summed E-state index contributed by atoms with van der Waals surface area (Å²) in [5, 5.41) is 7.12. The van der Waals surface area contributed by atoms with Crippen LogP contribution in [-0.2, 0) is 14.8 Å². The molecule has 3 heterocycles. The predicted molar refractivity (Wildman–Crippen MR) is 107 cm³/mol. The number of hydrogen-bond donors (Lipinski definition) is 2. The number of likely N-dealkylation sites (tertiary alicyclic amines) is 1. The largest absolute Gasteiger partial charge is 0.490 e. The van der Waals surface area contributed by atoms with Crippen molar-refractivity contribution in [3.8, 4) is 5.75 Å². The Morgan fingerprint density at radius 3 is 2.45 bits per heavy atom. The van der Waals surface area contributed by atoms with Crippen LogP contribution in [0.5, 0.6) is 5.75 Å². The van der Waals surface area contributed by atoms with Crippen molar-refractivity contribution in [3.05, 3.63) is 42.5 Å². The molecule has 1 fully saturated rings. The number of carboxylic acids is 1. The van der Waals surface area contributed by atoms with Crippen molar-refractivity contribution in [1.82, 2.24) is 19.2 Å². The number of carboxylic acid groups (broad SMARTS) is 1. The van der Waals surface area contributed by atoms with Gasteiger partial charge < -0.3 is 19.7 Å². The SMILES string of the molecule is CN1[C@H]2CCN(C(=O)c3cnc[nH]3)CC[C@@H]2Oc2ccccc2S1(=O)=O.O=C(O)C(F)(F)F. The first-order valence-electron chi connectivity index (χ1n) is 9.74. The van der Waals surface area contributed by atoms with Crippen molar-refractivity contribution in [2.75, 3.05) is 20.1 Å². The fourth-order valence-electron chi connectivity index (χ4n) is 3.62. The molecule has 2 aliphatic rings. The molecule has 2 aromatic rings. The number of sulfonamides is 1. The zero-order valence-corrected chi connectivity index (χ0v) is 18.1. The number of imidazole rings is 1. The molecular formula is C19H21F3N4O6S. The number of fused-ring (bicyclic) bond motifs is 2. The highest BCUT2D eigenvalue weighted by Crippen LogP contribution is 2.35. The van der Waals surface area contributed by atoms with Gasteiger partial charge in [-0.2, -0.15) is 17.5 Å². The molecule has 0 unspecified atom stereocenters. The van der Waals surface area contributed by atoms with Gasteiger partial charge in [0.25, 0.3) is 5.91 Å².